The maximum absolute atomic E-state index is 3.61. The summed E-state index contributed by atoms with van der Waals surface area (Å²) < 4.78 is 0. The van der Waals surface area contributed by atoms with E-state index in [1.54, 1.807) is 0 Å². The zero-order valence-corrected chi connectivity index (χ0v) is 10.9. The molecule has 2 heterocycles. The summed E-state index contributed by atoms with van der Waals surface area (Å²) >= 11 is 2.14. The van der Waals surface area contributed by atoms with Crippen LogP contribution in [0.1, 0.15) is 33.1 Å². The molecule has 3 atom stereocenters. The van der Waals surface area contributed by atoms with Crippen molar-refractivity contribution in [3.8, 4) is 0 Å². The van der Waals surface area contributed by atoms with Gasteiger partial charge in [0.1, 0.15) is 0 Å². The molecule has 3 unspecified atom stereocenters. The van der Waals surface area contributed by atoms with Crippen LogP contribution in [0, 0.1) is 0 Å². The number of hydrogen-bond donors (Lipinski definition) is 1. The summed E-state index contributed by atoms with van der Waals surface area (Å²) in [7, 11) is 0. The number of thioether (sulfide) groups is 1. The van der Waals surface area contributed by atoms with Crippen LogP contribution in [0.5, 0.6) is 0 Å². The molecule has 2 rings (SSSR count). The van der Waals surface area contributed by atoms with E-state index in [9.17, 15) is 0 Å². The van der Waals surface area contributed by atoms with E-state index in [4.69, 9.17) is 0 Å². The molecule has 0 saturated carbocycles. The van der Waals surface area contributed by atoms with E-state index in [1.165, 1.54) is 44.6 Å². The van der Waals surface area contributed by atoms with E-state index < -0.39 is 0 Å². The van der Waals surface area contributed by atoms with Gasteiger partial charge in [0.15, 0.2) is 0 Å². The van der Waals surface area contributed by atoms with Crippen molar-refractivity contribution in [3.63, 3.8) is 0 Å². The molecule has 0 aromatic carbocycles. The second-order valence-electron chi connectivity index (χ2n) is 4.81. The minimum absolute atomic E-state index is 0.766. The molecule has 3 heteroatoms. The van der Waals surface area contributed by atoms with Gasteiger partial charge in [0.2, 0.25) is 0 Å². The molecule has 2 saturated heterocycles. The maximum atomic E-state index is 3.61. The molecule has 0 bridgehead atoms. The van der Waals surface area contributed by atoms with Gasteiger partial charge in [0.05, 0.1) is 0 Å². The highest BCUT2D eigenvalue weighted by Crippen LogP contribution is 2.30. The van der Waals surface area contributed by atoms with Crippen molar-refractivity contribution in [2.24, 2.45) is 0 Å². The topological polar surface area (TPSA) is 15.3 Å². The van der Waals surface area contributed by atoms with E-state index in [2.05, 4.69) is 35.8 Å². The fourth-order valence-corrected chi connectivity index (χ4v) is 4.17. The molecule has 0 spiro atoms. The number of likely N-dealkylation sites (N-methyl/N-ethyl adjacent to an activating group) is 1. The first-order chi connectivity index (χ1) is 7.31. The summed E-state index contributed by atoms with van der Waals surface area (Å²) in [5.74, 6) is 1.36. The largest absolute Gasteiger partial charge is 0.313 e. The molecule has 0 radical (unpaired) electrons. The Morgan fingerprint density at radius 3 is 2.80 bits per heavy atom. The van der Waals surface area contributed by atoms with E-state index in [0.717, 1.165) is 17.3 Å². The first-order valence-electron chi connectivity index (χ1n) is 6.40. The van der Waals surface area contributed by atoms with Crippen LogP contribution >= 0.6 is 11.8 Å². The third-order valence-corrected chi connectivity index (χ3v) is 5.14. The fourth-order valence-electron chi connectivity index (χ4n) is 2.89. The van der Waals surface area contributed by atoms with Crippen LogP contribution < -0.4 is 5.32 Å². The van der Waals surface area contributed by atoms with Crippen LogP contribution in [0.2, 0.25) is 0 Å². The van der Waals surface area contributed by atoms with Crippen LogP contribution in [0.4, 0.5) is 0 Å². The number of nitrogens with zero attached hydrogens (tertiary/aromatic N) is 1. The Hall–Kier alpha value is 0.270. The van der Waals surface area contributed by atoms with Crippen molar-refractivity contribution >= 4 is 11.8 Å². The summed E-state index contributed by atoms with van der Waals surface area (Å²) in [5.41, 5.74) is 0. The zero-order chi connectivity index (χ0) is 10.7. The minimum atomic E-state index is 0.766. The maximum Gasteiger partial charge on any atom is 0.0220 e. The Labute approximate surface area is 98.2 Å². The molecular weight excluding hydrogens is 204 g/mol. The molecular formula is C12H24N2S. The molecule has 15 heavy (non-hydrogen) atoms. The quantitative estimate of drug-likeness (QED) is 0.792. The molecule has 1 N–H and O–H groups in total. The van der Waals surface area contributed by atoms with Gasteiger partial charge in [0.25, 0.3) is 0 Å². The highest BCUT2D eigenvalue weighted by Gasteiger charge is 2.30. The predicted octanol–water partition coefficient (Wildman–Crippen LogP) is 1.95. The van der Waals surface area contributed by atoms with Crippen molar-refractivity contribution in [2.45, 2.75) is 50.4 Å². The smallest absolute Gasteiger partial charge is 0.0220 e. The standard InChI is InChI=1S/C12H24N2S/c1-3-14(9-11-5-4-7-13-11)12-6-8-15-10(12)2/h10-13H,3-9H2,1-2H3. The summed E-state index contributed by atoms with van der Waals surface area (Å²) in [6.07, 6.45) is 4.15. The van der Waals surface area contributed by atoms with E-state index in [-0.39, 0.29) is 0 Å². The minimum Gasteiger partial charge on any atom is -0.313 e. The number of nitrogens with one attached hydrogen (secondary N) is 1. The van der Waals surface area contributed by atoms with E-state index in [1.807, 2.05) is 0 Å². The normalized spacial score (nSPS) is 36.6. The molecule has 0 amide bonds. The molecule has 2 nitrogen and oxygen atoms in total. The SMILES string of the molecule is CCN(CC1CCCN1)C1CCSC1C. The number of hydrogen-bond acceptors (Lipinski definition) is 3. The second kappa shape index (κ2) is 5.55. The first-order valence-corrected chi connectivity index (χ1v) is 7.45. The summed E-state index contributed by atoms with van der Waals surface area (Å²) in [4.78, 5) is 2.70. The third-order valence-electron chi connectivity index (χ3n) is 3.83. The van der Waals surface area contributed by atoms with Crippen LogP contribution in [0.15, 0.2) is 0 Å². The molecule has 0 aliphatic carbocycles. The van der Waals surface area contributed by atoms with Gasteiger partial charge in [-0.25, -0.2) is 0 Å². The van der Waals surface area contributed by atoms with Crippen molar-refractivity contribution in [3.05, 3.63) is 0 Å². The van der Waals surface area contributed by atoms with Crippen LogP contribution in [-0.2, 0) is 0 Å². The highest BCUT2D eigenvalue weighted by atomic mass is 32.2. The third kappa shape index (κ3) is 2.89. The average Bonchev–Trinajstić information content (AvgIpc) is 2.85. The van der Waals surface area contributed by atoms with Gasteiger partial charge in [-0.1, -0.05) is 13.8 Å². The zero-order valence-electron chi connectivity index (χ0n) is 10.0. The van der Waals surface area contributed by atoms with Gasteiger partial charge < -0.3 is 5.32 Å². The second-order valence-corrected chi connectivity index (χ2v) is 6.30. The van der Waals surface area contributed by atoms with Gasteiger partial charge in [0, 0.05) is 23.9 Å². The van der Waals surface area contributed by atoms with Crippen LogP contribution in [0.25, 0.3) is 0 Å². The average molecular weight is 228 g/mol. The lowest BCUT2D eigenvalue weighted by molar-refractivity contribution is 0.189. The van der Waals surface area contributed by atoms with Crippen molar-refractivity contribution in [2.75, 3.05) is 25.4 Å². The Bertz CT molecular complexity index is 192. The molecule has 2 aliphatic heterocycles. The van der Waals surface area contributed by atoms with Gasteiger partial charge in [-0.3, -0.25) is 4.90 Å². The monoisotopic (exact) mass is 228 g/mol. The molecule has 0 aromatic rings. The lowest BCUT2D eigenvalue weighted by Gasteiger charge is -2.32. The predicted molar refractivity (Wildman–Crippen MR) is 68.6 cm³/mol. The first kappa shape index (κ1) is 11.7. The lowest BCUT2D eigenvalue weighted by atomic mass is 10.1. The molecule has 88 valence electrons. The summed E-state index contributed by atoms with van der Waals surface area (Å²) in [6.45, 7) is 8.43. The Kier molecular flexibility index (Phi) is 4.35. The highest BCUT2D eigenvalue weighted by molar-refractivity contribution is 8.00. The van der Waals surface area contributed by atoms with E-state index in [0.29, 0.717) is 0 Å². The van der Waals surface area contributed by atoms with Crippen LogP contribution in [0.3, 0.4) is 0 Å². The van der Waals surface area contributed by atoms with Crippen molar-refractivity contribution in [1.29, 1.82) is 0 Å². The lowest BCUT2D eigenvalue weighted by Crippen LogP contribution is -2.45. The van der Waals surface area contributed by atoms with Gasteiger partial charge >= 0.3 is 0 Å². The molecule has 2 fully saturated rings. The summed E-state index contributed by atoms with van der Waals surface area (Å²) in [5, 5.41) is 4.45. The Morgan fingerprint density at radius 2 is 2.27 bits per heavy atom. The fraction of sp³-hybridized carbons (Fsp3) is 1.00. The van der Waals surface area contributed by atoms with Crippen molar-refractivity contribution < 1.29 is 0 Å². The van der Waals surface area contributed by atoms with Gasteiger partial charge in [-0.05, 0) is 38.1 Å². The van der Waals surface area contributed by atoms with Crippen molar-refractivity contribution in [1.82, 2.24) is 10.2 Å². The van der Waals surface area contributed by atoms with Gasteiger partial charge in [-0.15, -0.1) is 0 Å². The summed E-state index contributed by atoms with van der Waals surface area (Å²) in [6, 6.07) is 1.60. The number of rotatable bonds is 4. The van der Waals surface area contributed by atoms with E-state index >= 15 is 0 Å². The van der Waals surface area contributed by atoms with Gasteiger partial charge in [-0.2, -0.15) is 11.8 Å². The molecule has 2 aliphatic rings. The Morgan fingerprint density at radius 1 is 1.40 bits per heavy atom. The molecule has 0 aromatic heterocycles. The van der Waals surface area contributed by atoms with Crippen LogP contribution in [-0.4, -0.2) is 47.6 Å². The Balaban J connectivity index is 1.85.